The zero-order valence-corrected chi connectivity index (χ0v) is 13.1. The molecule has 0 atom stereocenters. The second-order valence-electron chi connectivity index (χ2n) is 5.27. The Kier molecular flexibility index (Phi) is 3.87. The van der Waals surface area contributed by atoms with Crippen LogP contribution >= 0.6 is 22.9 Å². The number of aromatic carboxylic acids is 1. The van der Waals surface area contributed by atoms with Gasteiger partial charge in [0.25, 0.3) is 0 Å². The lowest BCUT2D eigenvalue weighted by atomic mass is 10.2. The van der Waals surface area contributed by atoms with Crippen molar-refractivity contribution in [3.8, 4) is 0 Å². The molecule has 1 saturated carbocycles. The molecule has 1 N–H and O–H groups in total. The lowest BCUT2D eigenvalue weighted by Gasteiger charge is -2.15. The van der Waals surface area contributed by atoms with E-state index in [1.165, 1.54) is 11.3 Å². The number of carbonyl (C=O) groups is 1. The zero-order chi connectivity index (χ0) is 15.0. The summed E-state index contributed by atoms with van der Waals surface area (Å²) in [6.07, 6.45) is 2.09. The van der Waals surface area contributed by atoms with Gasteiger partial charge in [-0.25, -0.2) is 9.78 Å². The summed E-state index contributed by atoms with van der Waals surface area (Å²) in [5.74, 6) is -0.537. The molecule has 1 heterocycles. The molecule has 0 saturated heterocycles. The fourth-order valence-electron chi connectivity index (χ4n) is 2.20. The van der Waals surface area contributed by atoms with Crippen molar-refractivity contribution in [3.63, 3.8) is 0 Å². The smallest absolute Gasteiger partial charge is 0.347 e. The van der Waals surface area contributed by atoms with Gasteiger partial charge in [-0.05, 0) is 30.5 Å². The normalized spacial score (nSPS) is 14.2. The zero-order valence-electron chi connectivity index (χ0n) is 11.5. The van der Waals surface area contributed by atoms with Crippen molar-refractivity contribution in [1.29, 1.82) is 0 Å². The predicted octanol–water partition coefficient (Wildman–Crippen LogP) is 4.01. The fourth-order valence-corrected chi connectivity index (χ4v) is 3.28. The highest BCUT2D eigenvalue weighted by atomic mass is 35.5. The molecule has 1 aromatic carbocycles. The number of carboxylic acids is 1. The van der Waals surface area contributed by atoms with Crippen LogP contribution in [0.15, 0.2) is 24.3 Å². The summed E-state index contributed by atoms with van der Waals surface area (Å²) in [5, 5.41) is 10.8. The van der Waals surface area contributed by atoms with Crippen molar-refractivity contribution in [2.45, 2.75) is 25.3 Å². The summed E-state index contributed by atoms with van der Waals surface area (Å²) in [6.45, 7) is 0.674. The van der Waals surface area contributed by atoms with E-state index in [0.717, 1.165) is 29.2 Å². The lowest BCUT2D eigenvalue weighted by molar-refractivity contribution is 0.0700. The van der Waals surface area contributed by atoms with E-state index in [1.54, 1.807) is 0 Å². The number of hydrogen-bond acceptors (Lipinski definition) is 4. The van der Waals surface area contributed by atoms with Crippen molar-refractivity contribution >= 4 is 34.0 Å². The summed E-state index contributed by atoms with van der Waals surface area (Å²) in [7, 11) is 1.93. The number of halogens is 1. The first kappa shape index (κ1) is 14.4. The second kappa shape index (κ2) is 5.66. The van der Waals surface area contributed by atoms with Gasteiger partial charge in [0, 0.05) is 24.5 Å². The molecule has 0 unspecified atom stereocenters. The Morgan fingerprint density at radius 2 is 2.10 bits per heavy atom. The Bertz CT molecular complexity index is 665. The molecule has 110 valence electrons. The first-order valence-corrected chi connectivity index (χ1v) is 7.93. The maximum absolute atomic E-state index is 11.3. The van der Waals surface area contributed by atoms with Gasteiger partial charge in [0.15, 0.2) is 5.13 Å². The summed E-state index contributed by atoms with van der Waals surface area (Å²) in [6, 6.07) is 7.63. The number of anilines is 1. The first-order valence-electron chi connectivity index (χ1n) is 6.74. The van der Waals surface area contributed by atoms with Gasteiger partial charge in [-0.3, -0.25) is 0 Å². The van der Waals surface area contributed by atoms with Crippen LogP contribution in [0, 0.1) is 0 Å². The molecule has 0 bridgehead atoms. The Labute approximate surface area is 132 Å². The van der Waals surface area contributed by atoms with Crippen LogP contribution in [-0.2, 0) is 6.54 Å². The highest BCUT2D eigenvalue weighted by molar-refractivity contribution is 7.17. The molecule has 0 amide bonds. The van der Waals surface area contributed by atoms with Gasteiger partial charge >= 0.3 is 5.97 Å². The van der Waals surface area contributed by atoms with E-state index in [4.69, 9.17) is 11.6 Å². The molecule has 1 aliphatic carbocycles. The van der Waals surface area contributed by atoms with Gasteiger partial charge in [0.2, 0.25) is 0 Å². The summed E-state index contributed by atoms with van der Waals surface area (Å²) in [5.41, 5.74) is 1.87. The van der Waals surface area contributed by atoms with Crippen molar-refractivity contribution in [2.24, 2.45) is 0 Å². The van der Waals surface area contributed by atoms with Gasteiger partial charge in [-0.15, -0.1) is 0 Å². The standard InChI is InChI=1S/C15H15ClN2O2S/c1-18(8-9-2-6-11(16)7-3-9)15-17-12(10-4-5-10)13(21-15)14(19)20/h2-3,6-7,10H,4-5,8H2,1H3,(H,19,20). The van der Waals surface area contributed by atoms with Crippen LogP contribution in [0.4, 0.5) is 5.13 Å². The number of benzene rings is 1. The minimum Gasteiger partial charge on any atom is -0.477 e. The predicted molar refractivity (Wildman–Crippen MR) is 84.6 cm³/mol. The topological polar surface area (TPSA) is 53.4 Å². The third-order valence-electron chi connectivity index (χ3n) is 3.46. The van der Waals surface area contributed by atoms with E-state index in [0.29, 0.717) is 22.4 Å². The maximum atomic E-state index is 11.3. The van der Waals surface area contributed by atoms with E-state index in [1.807, 2.05) is 36.2 Å². The third kappa shape index (κ3) is 3.19. The average Bonchev–Trinajstić information content (AvgIpc) is 3.19. The van der Waals surface area contributed by atoms with Crippen LogP contribution in [-0.4, -0.2) is 23.1 Å². The van der Waals surface area contributed by atoms with E-state index >= 15 is 0 Å². The van der Waals surface area contributed by atoms with E-state index < -0.39 is 5.97 Å². The third-order valence-corrected chi connectivity index (χ3v) is 4.89. The molecule has 4 nitrogen and oxygen atoms in total. The second-order valence-corrected chi connectivity index (χ2v) is 6.69. The monoisotopic (exact) mass is 322 g/mol. The Morgan fingerprint density at radius 3 is 2.67 bits per heavy atom. The number of aromatic nitrogens is 1. The fraction of sp³-hybridized carbons (Fsp3) is 0.333. The van der Waals surface area contributed by atoms with Gasteiger partial charge in [-0.1, -0.05) is 35.1 Å². The number of hydrogen-bond donors (Lipinski definition) is 1. The summed E-state index contributed by atoms with van der Waals surface area (Å²) >= 11 is 7.13. The van der Waals surface area contributed by atoms with Crippen LogP contribution in [0.1, 0.15) is 39.7 Å². The minimum absolute atomic E-state index is 0.338. The molecule has 1 aliphatic rings. The molecule has 6 heteroatoms. The van der Waals surface area contributed by atoms with E-state index in [2.05, 4.69) is 4.98 Å². The summed E-state index contributed by atoms with van der Waals surface area (Å²) < 4.78 is 0. The summed E-state index contributed by atoms with van der Waals surface area (Å²) in [4.78, 5) is 18.2. The van der Waals surface area contributed by atoms with Gasteiger partial charge < -0.3 is 10.0 Å². The molecule has 1 fully saturated rings. The number of carboxylic acid groups (broad SMARTS) is 1. The van der Waals surface area contributed by atoms with Crippen molar-refractivity contribution in [2.75, 3.05) is 11.9 Å². The van der Waals surface area contributed by atoms with Crippen LogP contribution in [0.3, 0.4) is 0 Å². The lowest BCUT2D eigenvalue weighted by Crippen LogP contribution is -2.16. The number of nitrogens with zero attached hydrogens (tertiary/aromatic N) is 2. The van der Waals surface area contributed by atoms with Gasteiger partial charge in [0.1, 0.15) is 4.88 Å². The Morgan fingerprint density at radius 1 is 1.43 bits per heavy atom. The Hall–Kier alpha value is -1.59. The maximum Gasteiger partial charge on any atom is 0.347 e. The highest BCUT2D eigenvalue weighted by Crippen LogP contribution is 2.44. The van der Waals surface area contributed by atoms with Crippen LogP contribution in [0.5, 0.6) is 0 Å². The van der Waals surface area contributed by atoms with Gasteiger partial charge in [0.05, 0.1) is 5.69 Å². The minimum atomic E-state index is -0.874. The van der Waals surface area contributed by atoms with Crippen LogP contribution in [0.25, 0.3) is 0 Å². The molecule has 3 rings (SSSR count). The quantitative estimate of drug-likeness (QED) is 0.903. The molecule has 0 aliphatic heterocycles. The molecular weight excluding hydrogens is 308 g/mol. The molecular formula is C15H15ClN2O2S. The molecule has 2 aromatic rings. The number of thiazole rings is 1. The van der Waals surface area contributed by atoms with Crippen LogP contribution in [0.2, 0.25) is 5.02 Å². The molecule has 0 spiro atoms. The molecule has 21 heavy (non-hydrogen) atoms. The first-order chi connectivity index (χ1) is 10.0. The molecule has 0 radical (unpaired) electrons. The SMILES string of the molecule is CN(Cc1ccc(Cl)cc1)c1nc(C2CC2)c(C(=O)O)s1. The average molecular weight is 323 g/mol. The van der Waals surface area contributed by atoms with Crippen molar-refractivity contribution in [1.82, 2.24) is 4.98 Å². The number of rotatable bonds is 5. The van der Waals surface area contributed by atoms with Crippen molar-refractivity contribution in [3.05, 3.63) is 45.4 Å². The van der Waals surface area contributed by atoms with Crippen LogP contribution < -0.4 is 4.90 Å². The van der Waals surface area contributed by atoms with E-state index in [9.17, 15) is 9.90 Å². The van der Waals surface area contributed by atoms with E-state index in [-0.39, 0.29) is 0 Å². The van der Waals surface area contributed by atoms with Crippen molar-refractivity contribution < 1.29 is 9.90 Å². The molecule has 1 aromatic heterocycles. The Balaban J connectivity index is 1.80. The largest absolute Gasteiger partial charge is 0.477 e. The highest BCUT2D eigenvalue weighted by Gasteiger charge is 2.32. The van der Waals surface area contributed by atoms with Gasteiger partial charge in [-0.2, -0.15) is 0 Å².